The zero-order valence-corrected chi connectivity index (χ0v) is 15.8. The Labute approximate surface area is 167 Å². The van der Waals surface area contributed by atoms with E-state index in [9.17, 15) is 5.11 Å². The van der Waals surface area contributed by atoms with Gasteiger partial charge in [-0.2, -0.15) is 5.10 Å². The fraction of sp³-hybridized carbons (Fsp3) is 0.227. The molecule has 0 bridgehead atoms. The van der Waals surface area contributed by atoms with Gasteiger partial charge in [-0.05, 0) is 30.3 Å². The number of nitrogens with two attached hydrogens (primary N) is 1. The van der Waals surface area contributed by atoms with Crippen molar-refractivity contribution in [1.82, 2.24) is 19.7 Å². The summed E-state index contributed by atoms with van der Waals surface area (Å²) in [6.45, 7) is 1.28. The summed E-state index contributed by atoms with van der Waals surface area (Å²) in [4.78, 5) is 9.27. The minimum Gasteiger partial charge on any atom is -0.390 e. The highest BCUT2D eigenvalue weighted by Crippen LogP contribution is 2.28. The van der Waals surface area contributed by atoms with Crippen molar-refractivity contribution < 1.29 is 9.84 Å². The molecule has 5 rings (SSSR count). The predicted molar refractivity (Wildman–Crippen MR) is 109 cm³/mol. The summed E-state index contributed by atoms with van der Waals surface area (Å²) in [5.41, 5.74) is 10.6. The van der Waals surface area contributed by atoms with E-state index in [1.165, 1.54) is 0 Å². The summed E-state index contributed by atoms with van der Waals surface area (Å²) in [5.74, 6) is 0.990. The molecule has 0 saturated carbocycles. The average molecular weight is 387 g/mol. The van der Waals surface area contributed by atoms with E-state index < -0.39 is 0 Å². The van der Waals surface area contributed by atoms with Crippen LogP contribution in [0.15, 0.2) is 60.8 Å². The van der Waals surface area contributed by atoms with Gasteiger partial charge in [-0.1, -0.05) is 24.3 Å². The molecule has 3 aromatic heterocycles. The van der Waals surface area contributed by atoms with Crippen LogP contribution in [-0.4, -0.2) is 38.1 Å². The molecule has 1 aliphatic rings. The van der Waals surface area contributed by atoms with Gasteiger partial charge in [-0.3, -0.25) is 4.98 Å². The number of hydrogen-bond acceptors (Lipinski definition) is 6. The van der Waals surface area contributed by atoms with Crippen molar-refractivity contribution in [3.8, 4) is 17.1 Å². The van der Waals surface area contributed by atoms with Crippen LogP contribution in [0, 0.1) is 5.92 Å². The lowest BCUT2D eigenvalue weighted by Gasteiger charge is -2.31. The molecule has 0 aliphatic carbocycles. The van der Waals surface area contributed by atoms with Gasteiger partial charge in [0.1, 0.15) is 0 Å². The number of rotatable bonds is 5. The van der Waals surface area contributed by atoms with E-state index in [-0.39, 0.29) is 12.6 Å². The molecule has 1 atom stereocenters. The van der Waals surface area contributed by atoms with Crippen LogP contribution in [0.5, 0.6) is 0 Å². The Morgan fingerprint density at radius 1 is 1.10 bits per heavy atom. The fourth-order valence-electron chi connectivity index (χ4n) is 3.53. The zero-order valence-electron chi connectivity index (χ0n) is 15.8. The second-order valence-corrected chi connectivity index (χ2v) is 7.25. The molecule has 1 saturated heterocycles. The Morgan fingerprint density at radius 3 is 2.76 bits per heavy atom. The second-order valence-electron chi connectivity index (χ2n) is 7.25. The van der Waals surface area contributed by atoms with Gasteiger partial charge in [-0.15, -0.1) is 0 Å². The standard InChI is InChI=1S/C22H21N5O2/c23-22(16-12-29-13-16)19-5-2-4-18(26-19)14-7-8-15-10-24-27(20(15)9-14)21-6-1-3-17(11-28)25-21/h1-10,16,22,28H,11-13,23H2. The molecule has 4 heterocycles. The van der Waals surface area contributed by atoms with E-state index in [2.05, 4.69) is 16.1 Å². The predicted octanol–water partition coefficient (Wildman–Crippen LogP) is 2.62. The van der Waals surface area contributed by atoms with Crippen molar-refractivity contribution >= 4 is 10.9 Å². The number of ether oxygens (including phenoxy) is 1. The van der Waals surface area contributed by atoms with E-state index in [4.69, 9.17) is 15.5 Å². The summed E-state index contributed by atoms with van der Waals surface area (Å²) in [6.07, 6.45) is 1.81. The summed E-state index contributed by atoms with van der Waals surface area (Å²) in [7, 11) is 0. The van der Waals surface area contributed by atoms with E-state index in [1.54, 1.807) is 10.7 Å². The van der Waals surface area contributed by atoms with Crippen LogP contribution in [0.1, 0.15) is 17.4 Å². The molecule has 1 aromatic carbocycles. The average Bonchev–Trinajstić information content (AvgIpc) is 3.16. The molecule has 146 valence electrons. The zero-order chi connectivity index (χ0) is 19.8. The van der Waals surface area contributed by atoms with Gasteiger partial charge in [0.2, 0.25) is 0 Å². The number of benzene rings is 1. The maximum atomic E-state index is 9.38. The largest absolute Gasteiger partial charge is 0.390 e. The number of aliphatic hydroxyl groups excluding tert-OH is 1. The third-order valence-electron chi connectivity index (χ3n) is 5.32. The lowest BCUT2D eigenvalue weighted by Crippen LogP contribution is -2.37. The van der Waals surface area contributed by atoms with Crippen molar-refractivity contribution in [2.45, 2.75) is 12.6 Å². The van der Waals surface area contributed by atoms with Crippen LogP contribution in [0.25, 0.3) is 28.0 Å². The molecule has 1 unspecified atom stereocenters. The smallest absolute Gasteiger partial charge is 0.154 e. The van der Waals surface area contributed by atoms with Crippen LogP contribution in [-0.2, 0) is 11.3 Å². The van der Waals surface area contributed by atoms with Crippen LogP contribution < -0.4 is 5.73 Å². The van der Waals surface area contributed by atoms with Crippen molar-refractivity contribution in [1.29, 1.82) is 0 Å². The summed E-state index contributed by atoms with van der Waals surface area (Å²) in [6, 6.07) is 17.5. The highest BCUT2D eigenvalue weighted by Gasteiger charge is 2.27. The first kappa shape index (κ1) is 17.9. The SMILES string of the molecule is NC(c1cccc(-c2ccc3cnn(-c4cccc(CO)n4)c3c2)n1)C1COC1. The molecule has 1 fully saturated rings. The number of aliphatic hydroxyl groups is 1. The number of aromatic nitrogens is 4. The van der Waals surface area contributed by atoms with E-state index in [1.807, 2.05) is 48.7 Å². The Morgan fingerprint density at radius 2 is 1.97 bits per heavy atom. The van der Waals surface area contributed by atoms with Crippen molar-refractivity contribution in [2.24, 2.45) is 11.7 Å². The third kappa shape index (κ3) is 3.29. The van der Waals surface area contributed by atoms with E-state index in [0.29, 0.717) is 30.6 Å². The fourth-order valence-corrected chi connectivity index (χ4v) is 3.53. The quantitative estimate of drug-likeness (QED) is 0.546. The Bertz CT molecular complexity index is 1170. The van der Waals surface area contributed by atoms with Gasteiger partial charge in [-0.25, -0.2) is 9.67 Å². The number of fused-ring (bicyclic) bond motifs is 1. The normalized spacial score (nSPS) is 15.4. The molecule has 3 N–H and O–H groups in total. The monoisotopic (exact) mass is 387 g/mol. The number of nitrogens with zero attached hydrogens (tertiary/aromatic N) is 4. The summed E-state index contributed by atoms with van der Waals surface area (Å²) in [5, 5.41) is 14.9. The number of hydrogen-bond donors (Lipinski definition) is 2. The van der Waals surface area contributed by atoms with Crippen molar-refractivity contribution in [3.05, 3.63) is 72.2 Å². The van der Waals surface area contributed by atoms with Crippen LogP contribution in [0.4, 0.5) is 0 Å². The van der Waals surface area contributed by atoms with Gasteiger partial charge in [0, 0.05) is 16.9 Å². The van der Waals surface area contributed by atoms with Gasteiger partial charge >= 0.3 is 0 Å². The topological polar surface area (TPSA) is 99.1 Å². The van der Waals surface area contributed by atoms with Crippen LogP contribution in [0.3, 0.4) is 0 Å². The first-order valence-corrected chi connectivity index (χ1v) is 9.58. The lowest BCUT2D eigenvalue weighted by atomic mass is 9.95. The van der Waals surface area contributed by atoms with Crippen molar-refractivity contribution in [3.63, 3.8) is 0 Å². The van der Waals surface area contributed by atoms with Gasteiger partial charge in [0.15, 0.2) is 5.82 Å². The highest BCUT2D eigenvalue weighted by atomic mass is 16.5. The Kier molecular flexibility index (Phi) is 4.55. The minimum atomic E-state index is -0.122. The molecule has 7 nitrogen and oxygen atoms in total. The molecule has 0 radical (unpaired) electrons. The Balaban J connectivity index is 1.55. The third-order valence-corrected chi connectivity index (χ3v) is 5.32. The highest BCUT2D eigenvalue weighted by molar-refractivity contribution is 5.84. The first-order valence-electron chi connectivity index (χ1n) is 9.58. The molecule has 7 heteroatoms. The number of pyridine rings is 2. The molecule has 0 spiro atoms. The molecule has 4 aromatic rings. The van der Waals surface area contributed by atoms with Crippen LogP contribution in [0.2, 0.25) is 0 Å². The maximum absolute atomic E-state index is 9.38. The minimum absolute atomic E-state index is 0.110. The van der Waals surface area contributed by atoms with E-state index in [0.717, 1.165) is 27.9 Å². The molecule has 29 heavy (non-hydrogen) atoms. The van der Waals surface area contributed by atoms with Gasteiger partial charge in [0.05, 0.1) is 54.7 Å². The van der Waals surface area contributed by atoms with Crippen LogP contribution >= 0.6 is 0 Å². The van der Waals surface area contributed by atoms with Crippen molar-refractivity contribution in [2.75, 3.05) is 13.2 Å². The Hall–Kier alpha value is -3.13. The molecule has 1 aliphatic heterocycles. The van der Waals surface area contributed by atoms with E-state index >= 15 is 0 Å². The van der Waals surface area contributed by atoms with Gasteiger partial charge < -0.3 is 15.6 Å². The lowest BCUT2D eigenvalue weighted by molar-refractivity contribution is -0.0447. The summed E-state index contributed by atoms with van der Waals surface area (Å²) < 4.78 is 7.04. The molecular weight excluding hydrogens is 366 g/mol. The summed E-state index contributed by atoms with van der Waals surface area (Å²) >= 11 is 0. The van der Waals surface area contributed by atoms with Gasteiger partial charge in [0.25, 0.3) is 0 Å². The first-order chi connectivity index (χ1) is 14.2. The maximum Gasteiger partial charge on any atom is 0.154 e. The second kappa shape index (κ2) is 7.36. The molecular formula is C22H21N5O2. The molecule has 0 amide bonds.